The number of halogens is 3. The van der Waals surface area contributed by atoms with Crippen molar-refractivity contribution < 1.29 is 27.9 Å². The molecule has 0 saturated heterocycles. The SMILES string of the molecule is O=C(NCCC1CN(CC2CCC2)Cc2ccnn21)c1cnccn1.O=C(O)C(F)(F)F. The lowest BCUT2D eigenvalue weighted by Gasteiger charge is -2.38. The van der Waals surface area contributed by atoms with E-state index in [0.717, 1.165) is 25.4 Å². The quantitative estimate of drug-likeness (QED) is 0.689. The molecule has 1 saturated carbocycles. The molecule has 1 aliphatic heterocycles. The summed E-state index contributed by atoms with van der Waals surface area (Å²) in [6.45, 7) is 3.79. The molecule has 0 aromatic carbocycles. The molecule has 0 bridgehead atoms. The van der Waals surface area contributed by atoms with Gasteiger partial charge in [-0.2, -0.15) is 18.3 Å². The highest BCUT2D eigenvalue weighted by Gasteiger charge is 2.38. The van der Waals surface area contributed by atoms with Gasteiger partial charge < -0.3 is 10.4 Å². The van der Waals surface area contributed by atoms with Crippen LogP contribution in [0.2, 0.25) is 0 Å². The lowest BCUT2D eigenvalue weighted by Crippen LogP contribution is -2.42. The van der Waals surface area contributed by atoms with Gasteiger partial charge in [0.1, 0.15) is 5.69 Å². The number of nitrogens with zero attached hydrogens (tertiary/aromatic N) is 5. The van der Waals surface area contributed by atoms with Gasteiger partial charge in [0, 0.05) is 44.8 Å². The maximum Gasteiger partial charge on any atom is 0.490 e. The monoisotopic (exact) mass is 454 g/mol. The number of rotatable bonds is 6. The molecule has 0 radical (unpaired) electrons. The van der Waals surface area contributed by atoms with Gasteiger partial charge in [-0.1, -0.05) is 6.42 Å². The zero-order valence-corrected chi connectivity index (χ0v) is 17.3. The van der Waals surface area contributed by atoms with Gasteiger partial charge >= 0.3 is 12.1 Å². The van der Waals surface area contributed by atoms with Crippen LogP contribution in [0.15, 0.2) is 30.9 Å². The molecule has 3 heterocycles. The first kappa shape index (κ1) is 23.6. The molecule has 1 amide bonds. The molecular weight excluding hydrogens is 429 g/mol. The van der Waals surface area contributed by atoms with Crippen LogP contribution in [0.3, 0.4) is 0 Å². The van der Waals surface area contributed by atoms with Crippen LogP contribution in [0.1, 0.15) is 47.9 Å². The van der Waals surface area contributed by atoms with Crippen molar-refractivity contribution in [1.29, 1.82) is 0 Å². The molecule has 2 aromatic heterocycles. The van der Waals surface area contributed by atoms with Crippen LogP contribution < -0.4 is 5.32 Å². The molecule has 9 nitrogen and oxygen atoms in total. The first-order valence-electron chi connectivity index (χ1n) is 10.3. The van der Waals surface area contributed by atoms with Gasteiger partial charge in [-0.05, 0) is 31.2 Å². The van der Waals surface area contributed by atoms with Crippen molar-refractivity contribution in [3.8, 4) is 0 Å². The van der Waals surface area contributed by atoms with Crippen LogP contribution in [0.4, 0.5) is 13.2 Å². The number of carbonyl (C=O) groups is 2. The topological polar surface area (TPSA) is 113 Å². The number of nitrogens with one attached hydrogen (secondary N) is 1. The predicted molar refractivity (Wildman–Crippen MR) is 107 cm³/mol. The number of amides is 1. The van der Waals surface area contributed by atoms with Crippen molar-refractivity contribution in [3.05, 3.63) is 42.2 Å². The molecule has 4 rings (SSSR count). The summed E-state index contributed by atoms with van der Waals surface area (Å²) in [5.41, 5.74) is 1.63. The van der Waals surface area contributed by atoms with Crippen molar-refractivity contribution in [3.63, 3.8) is 0 Å². The second-order valence-corrected chi connectivity index (χ2v) is 7.85. The van der Waals surface area contributed by atoms with Crippen LogP contribution in [-0.2, 0) is 11.3 Å². The molecule has 2 aromatic rings. The molecule has 2 aliphatic rings. The average molecular weight is 454 g/mol. The number of alkyl halides is 3. The van der Waals surface area contributed by atoms with E-state index in [-0.39, 0.29) is 5.91 Å². The Kier molecular flexibility index (Phi) is 7.78. The van der Waals surface area contributed by atoms with E-state index in [1.165, 1.54) is 43.9 Å². The van der Waals surface area contributed by atoms with E-state index in [1.54, 1.807) is 6.20 Å². The van der Waals surface area contributed by atoms with E-state index in [1.807, 2.05) is 6.20 Å². The summed E-state index contributed by atoms with van der Waals surface area (Å²) in [6, 6.07) is 2.42. The summed E-state index contributed by atoms with van der Waals surface area (Å²) in [7, 11) is 0. The van der Waals surface area contributed by atoms with Crippen molar-refractivity contribution in [1.82, 2.24) is 30.0 Å². The standard InChI is InChI=1S/C18H24N6O.C2HF3O2/c25-18(17-10-19-8-9-20-17)21-6-4-15-12-23(11-14-2-1-3-14)13-16-5-7-22-24(15)16;3-2(4,5)1(6)7/h5,7-10,14-15H,1-4,6,11-13H2,(H,21,25);(H,6,7). The van der Waals surface area contributed by atoms with Gasteiger partial charge in [0.15, 0.2) is 0 Å². The van der Waals surface area contributed by atoms with Crippen LogP contribution in [-0.4, -0.2) is 67.4 Å². The Hall–Kier alpha value is -3.02. The fraction of sp³-hybridized carbons (Fsp3) is 0.550. The summed E-state index contributed by atoms with van der Waals surface area (Å²) < 4.78 is 33.9. The zero-order valence-electron chi connectivity index (χ0n) is 17.3. The summed E-state index contributed by atoms with van der Waals surface area (Å²) in [6.07, 6.45) is 6.37. The lowest BCUT2D eigenvalue weighted by molar-refractivity contribution is -0.192. The fourth-order valence-corrected chi connectivity index (χ4v) is 3.72. The normalized spacial score (nSPS) is 18.7. The van der Waals surface area contributed by atoms with Crippen molar-refractivity contribution in [2.24, 2.45) is 5.92 Å². The second kappa shape index (κ2) is 10.5. The van der Waals surface area contributed by atoms with Crippen molar-refractivity contribution in [2.75, 3.05) is 19.6 Å². The number of hydrogen-bond donors (Lipinski definition) is 2. The number of carbonyl (C=O) groups excluding carboxylic acids is 1. The van der Waals surface area contributed by atoms with E-state index in [9.17, 15) is 18.0 Å². The van der Waals surface area contributed by atoms with Gasteiger partial charge in [0.2, 0.25) is 0 Å². The first-order valence-corrected chi connectivity index (χ1v) is 10.3. The molecule has 1 atom stereocenters. The van der Waals surface area contributed by atoms with Gasteiger partial charge in [-0.25, -0.2) is 9.78 Å². The van der Waals surface area contributed by atoms with Crippen LogP contribution in [0, 0.1) is 5.92 Å². The summed E-state index contributed by atoms with van der Waals surface area (Å²) in [5.74, 6) is -2.06. The Labute approximate surface area is 182 Å². The van der Waals surface area contributed by atoms with Crippen LogP contribution >= 0.6 is 0 Å². The second-order valence-electron chi connectivity index (χ2n) is 7.85. The highest BCUT2D eigenvalue weighted by molar-refractivity contribution is 5.91. The molecule has 12 heteroatoms. The molecule has 32 heavy (non-hydrogen) atoms. The van der Waals surface area contributed by atoms with Crippen LogP contribution in [0.5, 0.6) is 0 Å². The molecule has 1 fully saturated rings. The highest BCUT2D eigenvalue weighted by Crippen LogP contribution is 2.30. The van der Waals surface area contributed by atoms with E-state index in [2.05, 4.69) is 36.0 Å². The zero-order chi connectivity index (χ0) is 23.1. The van der Waals surface area contributed by atoms with Gasteiger partial charge in [-0.3, -0.25) is 19.4 Å². The molecule has 0 spiro atoms. The first-order chi connectivity index (χ1) is 15.2. The number of carboxylic acid groups (broad SMARTS) is 1. The Morgan fingerprint density at radius 2 is 1.97 bits per heavy atom. The molecule has 1 aliphatic carbocycles. The van der Waals surface area contributed by atoms with Crippen molar-refractivity contribution >= 4 is 11.9 Å². The third kappa shape index (κ3) is 6.49. The molecule has 2 N–H and O–H groups in total. The minimum atomic E-state index is -5.08. The van der Waals surface area contributed by atoms with Gasteiger partial charge in [-0.15, -0.1) is 0 Å². The van der Waals surface area contributed by atoms with Gasteiger partial charge in [0.25, 0.3) is 5.91 Å². The molecule has 1 unspecified atom stereocenters. The maximum atomic E-state index is 12.1. The Morgan fingerprint density at radius 1 is 1.22 bits per heavy atom. The minimum absolute atomic E-state index is 0.170. The number of aromatic nitrogens is 4. The summed E-state index contributed by atoms with van der Waals surface area (Å²) in [4.78, 5) is 31.5. The number of aliphatic carboxylic acids is 1. The highest BCUT2D eigenvalue weighted by atomic mass is 19.4. The van der Waals surface area contributed by atoms with E-state index in [0.29, 0.717) is 18.3 Å². The number of hydrogen-bond acceptors (Lipinski definition) is 6. The number of carboxylic acids is 1. The van der Waals surface area contributed by atoms with Gasteiger partial charge in [0.05, 0.1) is 17.9 Å². The average Bonchev–Trinajstić information content (AvgIpc) is 3.20. The molecular formula is C20H25F3N6O3. The van der Waals surface area contributed by atoms with E-state index >= 15 is 0 Å². The summed E-state index contributed by atoms with van der Waals surface area (Å²) >= 11 is 0. The van der Waals surface area contributed by atoms with E-state index in [4.69, 9.17) is 9.90 Å². The third-order valence-electron chi connectivity index (χ3n) is 5.50. The smallest absolute Gasteiger partial charge is 0.475 e. The van der Waals surface area contributed by atoms with E-state index < -0.39 is 12.1 Å². The minimum Gasteiger partial charge on any atom is -0.475 e. The largest absolute Gasteiger partial charge is 0.490 e. The van der Waals surface area contributed by atoms with Crippen molar-refractivity contribution in [2.45, 2.75) is 44.4 Å². The predicted octanol–water partition coefficient (Wildman–Crippen LogP) is 2.28. The Bertz CT molecular complexity index is 901. The lowest BCUT2D eigenvalue weighted by atomic mass is 9.85. The fourth-order valence-electron chi connectivity index (χ4n) is 3.72. The Morgan fingerprint density at radius 3 is 2.56 bits per heavy atom. The van der Waals surface area contributed by atoms with Crippen LogP contribution in [0.25, 0.3) is 0 Å². The maximum absolute atomic E-state index is 12.1. The Balaban J connectivity index is 0.000000360. The molecule has 174 valence electrons. The summed E-state index contributed by atoms with van der Waals surface area (Å²) in [5, 5.41) is 14.6. The number of fused-ring (bicyclic) bond motifs is 1. The third-order valence-corrected chi connectivity index (χ3v) is 5.50.